The first-order valence-electron chi connectivity index (χ1n) is 10.3. The van der Waals surface area contributed by atoms with Crippen LogP contribution in [0.5, 0.6) is 0 Å². The summed E-state index contributed by atoms with van der Waals surface area (Å²) in [6.45, 7) is 4.96. The van der Waals surface area contributed by atoms with Crippen molar-refractivity contribution in [3.8, 4) is 0 Å². The van der Waals surface area contributed by atoms with Gasteiger partial charge in [0, 0.05) is 22.2 Å². The van der Waals surface area contributed by atoms with Crippen molar-refractivity contribution in [1.29, 1.82) is 0 Å². The van der Waals surface area contributed by atoms with Crippen LogP contribution in [-0.2, 0) is 6.54 Å². The second-order valence-electron chi connectivity index (χ2n) is 7.49. The van der Waals surface area contributed by atoms with Crippen molar-refractivity contribution in [3.05, 3.63) is 52.0 Å². The highest BCUT2D eigenvalue weighted by Gasteiger charge is 2.11. The first kappa shape index (κ1) is 20.4. The summed E-state index contributed by atoms with van der Waals surface area (Å²) in [6, 6.07) is 5.52. The number of unbranched alkanes of at least 4 members (excludes halogenated alkanes) is 1. The second-order valence-corrected chi connectivity index (χ2v) is 8.30. The number of hydrogen-bond acceptors (Lipinski definition) is 4. The molecule has 0 spiro atoms. The first-order valence-corrected chi connectivity index (χ1v) is 11.0. The highest BCUT2D eigenvalue weighted by molar-refractivity contribution is 6.36. The smallest absolute Gasteiger partial charge is 0.176 e. The summed E-state index contributed by atoms with van der Waals surface area (Å²) in [5.74, 6) is 0. The van der Waals surface area contributed by atoms with Crippen LogP contribution in [0.1, 0.15) is 37.7 Å². The van der Waals surface area contributed by atoms with E-state index in [1.54, 1.807) is 12.7 Å². The largest absolute Gasteiger partial charge is 0.340 e. The van der Waals surface area contributed by atoms with Gasteiger partial charge in [0.25, 0.3) is 0 Å². The molecule has 0 radical (unpaired) electrons. The van der Waals surface area contributed by atoms with E-state index in [9.17, 15) is 0 Å². The zero-order chi connectivity index (χ0) is 20.1. The number of aromatic amines is 1. The van der Waals surface area contributed by atoms with Crippen molar-refractivity contribution in [2.24, 2.45) is 4.99 Å². The fraction of sp³-hybridized carbons (Fsp3) is 0.476. The molecule has 0 aliphatic carbocycles. The van der Waals surface area contributed by atoms with Crippen molar-refractivity contribution < 1.29 is 0 Å². The summed E-state index contributed by atoms with van der Waals surface area (Å²) in [7, 11) is 0. The Bertz CT molecular complexity index is 999. The number of nitrogens with one attached hydrogen (secondary N) is 1. The van der Waals surface area contributed by atoms with Crippen molar-refractivity contribution >= 4 is 34.4 Å². The molecule has 8 heteroatoms. The maximum absolute atomic E-state index is 6.32. The first-order chi connectivity index (χ1) is 14.2. The van der Waals surface area contributed by atoms with Crippen LogP contribution in [0.15, 0.2) is 35.8 Å². The van der Waals surface area contributed by atoms with Crippen LogP contribution >= 0.6 is 23.2 Å². The average molecular weight is 433 g/mol. The molecule has 1 N–H and O–H groups in total. The summed E-state index contributed by atoms with van der Waals surface area (Å²) in [4.78, 5) is 19.5. The molecule has 1 fully saturated rings. The van der Waals surface area contributed by atoms with Gasteiger partial charge < -0.3 is 14.5 Å². The number of imidazole rings is 1. The summed E-state index contributed by atoms with van der Waals surface area (Å²) in [5, 5.41) is 1.27. The molecule has 0 atom stereocenters. The molecule has 1 aliphatic rings. The zero-order valence-corrected chi connectivity index (χ0v) is 18.0. The van der Waals surface area contributed by atoms with E-state index in [2.05, 4.69) is 19.9 Å². The van der Waals surface area contributed by atoms with E-state index < -0.39 is 0 Å². The van der Waals surface area contributed by atoms with E-state index >= 15 is 0 Å². The minimum Gasteiger partial charge on any atom is -0.340 e. The Kier molecular flexibility index (Phi) is 6.85. The minimum absolute atomic E-state index is 0.503. The predicted molar refractivity (Wildman–Crippen MR) is 117 cm³/mol. The van der Waals surface area contributed by atoms with Gasteiger partial charge >= 0.3 is 0 Å². The van der Waals surface area contributed by atoms with Crippen LogP contribution in [0, 0.1) is 0 Å². The number of nitrogens with zero attached hydrogens (tertiary/aromatic N) is 5. The van der Waals surface area contributed by atoms with Crippen LogP contribution in [0.3, 0.4) is 0 Å². The van der Waals surface area contributed by atoms with E-state index in [1.165, 1.54) is 45.3 Å². The third-order valence-corrected chi connectivity index (χ3v) is 6.13. The quantitative estimate of drug-likeness (QED) is 0.566. The van der Waals surface area contributed by atoms with Gasteiger partial charge in [-0.25, -0.2) is 9.97 Å². The Morgan fingerprint density at radius 3 is 2.62 bits per heavy atom. The molecule has 154 valence electrons. The van der Waals surface area contributed by atoms with Gasteiger partial charge in [0.1, 0.15) is 5.52 Å². The molecule has 4 rings (SSSR count). The van der Waals surface area contributed by atoms with E-state index in [1.807, 2.05) is 22.8 Å². The highest BCUT2D eigenvalue weighted by Crippen LogP contribution is 2.25. The van der Waals surface area contributed by atoms with Gasteiger partial charge in [-0.05, 0) is 57.5 Å². The maximum Gasteiger partial charge on any atom is 0.176 e. The van der Waals surface area contributed by atoms with E-state index in [0.29, 0.717) is 22.1 Å². The molecule has 6 nitrogen and oxygen atoms in total. The van der Waals surface area contributed by atoms with Crippen molar-refractivity contribution in [2.45, 2.75) is 38.6 Å². The standard InChI is InChI=1S/C21H26Cl2N6/c22-17-7-6-8-18(23)16(17)13-29-15-27-20(19-21(29)26-14-25-19)24-9-2-5-12-28-10-3-1-4-11-28/h6-8,14-15H,1-5,9-13H2,(H,25,26). The fourth-order valence-corrected chi connectivity index (χ4v) is 4.33. The fourth-order valence-electron chi connectivity index (χ4n) is 3.82. The van der Waals surface area contributed by atoms with E-state index in [4.69, 9.17) is 28.2 Å². The highest BCUT2D eigenvalue weighted by atomic mass is 35.5. The molecule has 0 saturated carbocycles. The van der Waals surface area contributed by atoms with Gasteiger partial charge in [-0.3, -0.25) is 4.99 Å². The van der Waals surface area contributed by atoms with Gasteiger partial charge in [0.15, 0.2) is 11.1 Å². The Morgan fingerprint density at radius 2 is 1.83 bits per heavy atom. The molecule has 0 amide bonds. The number of aromatic nitrogens is 4. The van der Waals surface area contributed by atoms with Gasteiger partial charge in [-0.2, -0.15) is 0 Å². The van der Waals surface area contributed by atoms with Gasteiger partial charge in [-0.15, -0.1) is 0 Å². The molecule has 3 aromatic rings. The van der Waals surface area contributed by atoms with Gasteiger partial charge in [0.05, 0.1) is 19.2 Å². The molecule has 29 heavy (non-hydrogen) atoms. The Hall–Kier alpha value is -1.89. The van der Waals surface area contributed by atoms with Crippen molar-refractivity contribution in [3.63, 3.8) is 0 Å². The minimum atomic E-state index is 0.503. The number of rotatable bonds is 7. The van der Waals surface area contributed by atoms with Crippen LogP contribution < -0.4 is 5.49 Å². The van der Waals surface area contributed by atoms with Crippen LogP contribution in [0.2, 0.25) is 10.0 Å². The van der Waals surface area contributed by atoms with Gasteiger partial charge in [-0.1, -0.05) is 35.7 Å². The maximum atomic E-state index is 6.32. The predicted octanol–water partition coefficient (Wildman–Crippen LogP) is 4.28. The second kappa shape index (κ2) is 9.74. The molecular formula is C21H26Cl2N6. The summed E-state index contributed by atoms with van der Waals surface area (Å²) in [5.41, 5.74) is 3.20. The Balaban J connectivity index is 1.44. The number of halogens is 2. The van der Waals surface area contributed by atoms with E-state index in [0.717, 1.165) is 29.7 Å². The lowest BCUT2D eigenvalue weighted by molar-refractivity contribution is 0.225. The monoisotopic (exact) mass is 432 g/mol. The summed E-state index contributed by atoms with van der Waals surface area (Å²) in [6.07, 6.45) is 9.74. The average Bonchev–Trinajstić information content (AvgIpc) is 3.23. The molecule has 2 aromatic heterocycles. The zero-order valence-electron chi connectivity index (χ0n) is 16.4. The Morgan fingerprint density at radius 1 is 1.03 bits per heavy atom. The number of H-pyrrole nitrogens is 1. The topological polar surface area (TPSA) is 62.1 Å². The SMILES string of the molecule is Clc1cccc(Cl)c1Cn1cnc(=NCCCCN2CCCCC2)c2[nH]cnc21. The number of fused-ring (bicyclic) bond motifs is 1. The number of benzene rings is 1. The third-order valence-electron chi connectivity index (χ3n) is 5.42. The van der Waals surface area contributed by atoms with Crippen molar-refractivity contribution in [2.75, 3.05) is 26.2 Å². The Labute approximate surface area is 180 Å². The number of piperidine rings is 1. The lowest BCUT2D eigenvalue weighted by atomic mass is 10.1. The molecule has 1 aromatic carbocycles. The number of hydrogen-bond donors (Lipinski definition) is 1. The lowest BCUT2D eigenvalue weighted by Gasteiger charge is -2.26. The summed E-state index contributed by atoms with van der Waals surface area (Å²) < 4.78 is 1.94. The third kappa shape index (κ3) is 5.00. The molecule has 0 unspecified atom stereocenters. The normalized spacial score (nSPS) is 16.0. The molecule has 0 bridgehead atoms. The molecule has 3 heterocycles. The van der Waals surface area contributed by atoms with Crippen molar-refractivity contribution in [1.82, 2.24) is 24.4 Å². The van der Waals surface area contributed by atoms with Crippen LogP contribution in [0.4, 0.5) is 0 Å². The molecular weight excluding hydrogens is 407 g/mol. The molecule has 1 saturated heterocycles. The van der Waals surface area contributed by atoms with Crippen LogP contribution in [-0.4, -0.2) is 50.6 Å². The van der Waals surface area contributed by atoms with Gasteiger partial charge in [0.2, 0.25) is 0 Å². The lowest BCUT2D eigenvalue weighted by Crippen LogP contribution is -2.30. The molecule has 1 aliphatic heterocycles. The van der Waals surface area contributed by atoms with E-state index in [-0.39, 0.29) is 0 Å². The number of likely N-dealkylation sites (tertiary alicyclic amines) is 1. The summed E-state index contributed by atoms with van der Waals surface area (Å²) >= 11 is 12.6. The van der Waals surface area contributed by atoms with Crippen LogP contribution in [0.25, 0.3) is 11.2 Å².